The molecule has 0 radical (unpaired) electrons. The van der Waals surface area contributed by atoms with Gasteiger partial charge in [-0.1, -0.05) is 0 Å². The van der Waals surface area contributed by atoms with Crippen molar-refractivity contribution in [2.24, 2.45) is 0 Å². The van der Waals surface area contributed by atoms with Crippen LogP contribution in [0.1, 0.15) is 0 Å². The minimum atomic E-state index is -0.121. The molecule has 1 aromatic carbocycles. The molecule has 8 heteroatoms. The average Bonchev–Trinajstić information content (AvgIpc) is 3.11. The third-order valence-corrected chi connectivity index (χ3v) is 4.28. The number of anilines is 2. The van der Waals surface area contributed by atoms with Crippen LogP contribution in [0.15, 0.2) is 24.3 Å². The van der Waals surface area contributed by atoms with E-state index in [4.69, 9.17) is 0 Å². The number of carbonyl (C=O) groups excluding carboxylic acids is 2. The summed E-state index contributed by atoms with van der Waals surface area (Å²) in [5.74, 6) is 1.61. The summed E-state index contributed by atoms with van der Waals surface area (Å²) in [6, 6.07) is 7.13. The molecule has 2 heterocycles. The van der Waals surface area contributed by atoms with Gasteiger partial charge in [0.2, 0.25) is 5.91 Å². The van der Waals surface area contributed by atoms with Gasteiger partial charge in [0.05, 0.1) is 6.04 Å². The molecule has 0 saturated carbocycles. The maximum atomic E-state index is 11.9. The number of nitrogens with zero attached hydrogens (tertiary/aromatic N) is 1. The molecule has 21 heavy (non-hydrogen) atoms. The highest BCUT2D eigenvalue weighted by Gasteiger charge is 2.23. The SMILES string of the molecule is Cl.O=C(Nc1ccc(N2CCNC2=O)cc1)C1CSCN1. The summed E-state index contributed by atoms with van der Waals surface area (Å²) in [7, 11) is 0. The van der Waals surface area contributed by atoms with Crippen LogP contribution in [0.5, 0.6) is 0 Å². The van der Waals surface area contributed by atoms with E-state index in [0.29, 0.717) is 13.1 Å². The molecule has 1 aromatic rings. The van der Waals surface area contributed by atoms with Crippen molar-refractivity contribution >= 4 is 47.5 Å². The summed E-state index contributed by atoms with van der Waals surface area (Å²) < 4.78 is 0. The van der Waals surface area contributed by atoms with Crippen LogP contribution in [-0.4, -0.2) is 42.7 Å². The van der Waals surface area contributed by atoms with Gasteiger partial charge >= 0.3 is 6.03 Å². The number of carbonyl (C=O) groups is 2. The number of urea groups is 1. The molecule has 2 saturated heterocycles. The quantitative estimate of drug-likeness (QED) is 0.780. The molecule has 3 amide bonds. The minimum absolute atomic E-state index is 0. The normalized spacial score (nSPS) is 20.9. The first kappa shape index (κ1) is 15.9. The van der Waals surface area contributed by atoms with E-state index in [1.807, 2.05) is 24.3 Å². The van der Waals surface area contributed by atoms with Crippen LogP contribution in [0, 0.1) is 0 Å². The van der Waals surface area contributed by atoms with E-state index >= 15 is 0 Å². The lowest BCUT2D eigenvalue weighted by molar-refractivity contribution is -0.117. The van der Waals surface area contributed by atoms with Gasteiger partial charge in [-0.2, -0.15) is 0 Å². The first-order valence-corrected chi connectivity index (χ1v) is 7.67. The molecule has 6 nitrogen and oxygen atoms in total. The van der Waals surface area contributed by atoms with E-state index in [-0.39, 0.29) is 30.4 Å². The molecular weight excluding hydrogens is 312 g/mol. The number of thioether (sulfide) groups is 1. The van der Waals surface area contributed by atoms with Crippen LogP contribution in [-0.2, 0) is 4.79 Å². The van der Waals surface area contributed by atoms with Gasteiger partial charge in [-0.25, -0.2) is 4.79 Å². The topological polar surface area (TPSA) is 73.5 Å². The molecule has 2 aliphatic rings. The molecule has 3 N–H and O–H groups in total. The molecule has 2 aliphatic heterocycles. The lowest BCUT2D eigenvalue weighted by Crippen LogP contribution is -2.37. The Labute approximate surface area is 133 Å². The number of hydrogen-bond donors (Lipinski definition) is 3. The third kappa shape index (κ3) is 3.61. The van der Waals surface area contributed by atoms with Gasteiger partial charge in [-0.15, -0.1) is 24.2 Å². The fourth-order valence-corrected chi connectivity index (χ4v) is 3.18. The van der Waals surface area contributed by atoms with Crippen molar-refractivity contribution in [1.82, 2.24) is 10.6 Å². The third-order valence-electron chi connectivity index (χ3n) is 3.34. The number of halogens is 1. The van der Waals surface area contributed by atoms with Crippen molar-refractivity contribution < 1.29 is 9.59 Å². The summed E-state index contributed by atoms with van der Waals surface area (Å²) >= 11 is 1.72. The fourth-order valence-electron chi connectivity index (χ4n) is 2.24. The van der Waals surface area contributed by atoms with Crippen molar-refractivity contribution in [2.75, 3.05) is 34.9 Å². The van der Waals surface area contributed by atoms with Gasteiger partial charge in [-0.3, -0.25) is 15.0 Å². The molecular formula is C13H17ClN4O2S. The van der Waals surface area contributed by atoms with E-state index in [0.717, 1.165) is 23.0 Å². The molecule has 1 atom stereocenters. The van der Waals surface area contributed by atoms with E-state index in [9.17, 15) is 9.59 Å². The lowest BCUT2D eigenvalue weighted by Gasteiger charge is -2.15. The monoisotopic (exact) mass is 328 g/mol. The summed E-state index contributed by atoms with van der Waals surface area (Å²) in [5.41, 5.74) is 1.59. The number of rotatable bonds is 3. The second kappa shape index (κ2) is 7.02. The molecule has 1 unspecified atom stereocenters. The van der Waals surface area contributed by atoms with E-state index in [1.165, 1.54) is 0 Å². The average molecular weight is 329 g/mol. The Morgan fingerprint density at radius 1 is 1.33 bits per heavy atom. The highest BCUT2D eigenvalue weighted by Crippen LogP contribution is 2.20. The minimum Gasteiger partial charge on any atom is -0.336 e. The highest BCUT2D eigenvalue weighted by molar-refractivity contribution is 7.99. The van der Waals surface area contributed by atoms with Crippen molar-refractivity contribution in [2.45, 2.75) is 6.04 Å². The first-order valence-electron chi connectivity index (χ1n) is 6.51. The summed E-state index contributed by atoms with van der Waals surface area (Å²) in [6.07, 6.45) is 0. The molecule has 114 valence electrons. The van der Waals surface area contributed by atoms with Crippen LogP contribution in [0.3, 0.4) is 0 Å². The molecule has 0 spiro atoms. The predicted octanol–water partition coefficient (Wildman–Crippen LogP) is 1.24. The molecule has 0 bridgehead atoms. The molecule has 3 rings (SSSR count). The maximum absolute atomic E-state index is 11.9. The van der Waals surface area contributed by atoms with Crippen molar-refractivity contribution in [3.8, 4) is 0 Å². The summed E-state index contributed by atoms with van der Waals surface area (Å²) in [6.45, 7) is 1.34. The van der Waals surface area contributed by atoms with Crippen LogP contribution in [0.25, 0.3) is 0 Å². The highest BCUT2D eigenvalue weighted by atomic mass is 35.5. The first-order chi connectivity index (χ1) is 9.74. The largest absolute Gasteiger partial charge is 0.336 e. The zero-order valence-corrected chi connectivity index (χ0v) is 12.9. The van der Waals surface area contributed by atoms with Crippen LogP contribution >= 0.6 is 24.2 Å². The summed E-state index contributed by atoms with van der Waals surface area (Å²) in [4.78, 5) is 25.2. The second-order valence-corrected chi connectivity index (χ2v) is 5.72. The second-order valence-electron chi connectivity index (χ2n) is 4.69. The molecule has 0 aromatic heterocycles. The Hall–Kier alpha value is -1.44. The zero-order valence-electron chi connectivity index (χ0n) is 11.3. The fraction of sp³-hybridized carbons (Fsp3) is 0.385. The lowest BCUT2D eigenvalue weighted by atomic mass is 10.2. The number of benzene rings is 1. The Morgan fingerprint density at radius 3 is 2.67 bits per heavy atom. The number of hydrogen-bond acceptors (Lipinski definition) is 4. The van der Waals surface area contributed by atoms with Crippen molar-refractivity contribution in [3.63, 3.8) is 0 Å². The molecule has 0 aliphatic carbocycles. The smallest absolute Gasteiger partial charge is 0.321 e. The van der Waals surface area contributed by atoms with Gasteiger partial charge in [0, 0.05) is 36.1 Å². The maximum Gasteiger partial charge on any atom is 0.321 e. The van der Waals surface area contributed by atoms with Crippen LogP contribution in [0.4, 0.5) is 16.2 Å². The predicted molar refractivity (Wildman–Crippen MR) is 87.3 cm³/mol. The number of nitrogens with one attached hydrogen (secondary N) is 3. The summed E-state index contributed by atoms with van der Waals surface area (Å²) in [5, 5.41) is 8.77. The van der Waals surface area contributed by atoms with E-state index in [2.05, 4.69) is 16.0 Å². The zero-order chi connectivity index (χ0) is 13.9. The van der Waals surface area contributed by atoms with Gasteiger partial charge in [0.1, 0.15) is 0 Å². The van der Waals surface area contributed by atoms with Crippen LogP contribution < -0.4 is 20.9 Å². The van der Waals surface area contributed by atoms with E-state index in [1.54, 1.807) is 16.7 Å². The van der Waals surface area contributed by atoms with Crippen molar-refractivity contribution in [3.05, 3.63) is 24.3 Å². The van der Waals surface area contributed by atoms with Gasteiger partial charge in [0.25, 0.3) is 0 Å². The Kier molecular flexibility index (Phi) is 5.33. The standard InChI is InChI=1S/C13H16N4O2S.ClH/c18-12(11-7-20-8-15-11)16-9-1-3-10(4-2-9)17-6-5-14-13(17)19;/h1-4,11,15H,5-8H2,(H,14,19)(H,16,18);1H. The van der Waals surface area contributed by atoms with Gasteiger partial charge in [0.15, 0.2) is 0 Å². The Bertz CT molecular complexity index is 519. The Morgan fingerprint density at radius 2 is 2.10 bits per heavy atom. The van der Waals surface area contributed by atoms with Gasteiger partial charge in [-0.05, 0) is 24.3 Å². The molecule has 2 fully saturated rings. The van der Waals surface area contributed by atoms with Crippen molar-refractivity contribution in [1.29, 1.82) is 0 Å². The van der Waals surface area contributed by atoms with Crippen LogP contribution in [0.2, 0.25) is 0 Å². The number of amides is 3. The Balaban J connectivity index is 0.00000161. The van der Waals surface area contributed by atoms with Gasteiger partial charge < -0.3 is 10.6 Å². The van der Waals surface area contributed by atoms with E-state index < -0.39 is 0 Å².